The summed E-state index contributed by atoms with van der Waals surface area (Å²) in [7, 11) is 0. The van der Waals surface area contributed by atoms with Gasteiger partial charge in [-0.1, -0.05) is 36.4 Å². The van der Waals surface area contributed by atoms with Crippen molar-refractivity contribution in [1.82, 2.24) is 14.5 Å². The van der Waals surface area contributed by atoms with E-state index in [1.54, 1.807) is 12.5 Å². The van der Waals surface area contributed by atoms with Gasteiger partial charge in [0.05, 0.1) is 11.0 Å². The highest BCUT2D eigenvalue weighted by molar-refractivity contribution is 6.10. The molecule has 0 bridgehead atoms. The molecule has 4 rings (SSSR count). The molecule has 2 aromatic carbocycles. The lowest BCUT2D eigenvalue weighted by atomic mass is 10.0. The molecule has 0 spiro atoms. The second-order valence-electron chi connectivity index (χ2n) is 5.20. The van der Waals surface area contributed by atoms with E-state index in [4.69, 9.17) is 0 Å². The lowest BCUT2D eigenvalue weighted by molar-refractivity contribution is 0.103. The summed E-state index contributed by atoms with van der Waals surface area (Å²) >= 11 is 0. The standard InChI is InChI=1S/C19H13N3O/c23-19(14-6-2-1-3-7-14)15-9-10-16-17(12-15)22(13-21-16)18-8-4-5-11-20-18/h1-13H. The Bertz CT molecular complexity index is 975. The van der Waals surface area contributed by atoms with Gasteiger partial charge in [-0.2, -0.15) is 0 Å². The van der Waals surface area contributed by atoms with Gasteiger partial charge in [0, 0.05) is 17.3 Å². The Morgan fingerprint density at radius 3 is 2.43 bits per heavy atom. The van der Waals surface area contributed by atoms with Crippen LogP contribution in [-0.2, 0) is 0 Å². The van der Waals surface area contributed by atoms with E-state index in [0.717, 1.165) is 16.9 Å². The summed E-state index contributed by atoms with van der Waals surface area (Å²) < 4.78 is 1.89. The van der Waals surface area contributed by atoms with Crippen LogP contribution in [0.1, 0.15) is 15.9 Å². The molecule has 0 saturated heterocycles. The number of rotatable bonds is 3. The highest BCUT2D eigenvalue weighted by Gasteiger charge is 2.12. The van der Waals surface area contributed by atoms with Crippen molar-refractivity contribution in [2.75, 3.05) is 0 Å². The molecular formula is C19H13N3O. The molecule has 0 fully saturated rings. The molecule has 0 amide bonds. The van der Waals surface area contributed by atoms with Crippen LogP contribution in [0.25, 0.3) is 16.9 Å². The second-order valence-corrected chi connectivity index (χ2v) is 5.20. The van der Waals surface area contributed by atoms with Crippen LogP contribution in [0.15, 0.2) is 79.3 Å². The monoisotopic (exact) mass is 299 g/mol. The molecule has 2 heterocycles. The molecule has 23 heavy (non-hydrogen) atoms. The van der Waals surface area contributed by atoms with Crippen molar-refractivity contribution in [2.45, 2.75) is 0 Å². The lowest BCUT2D eigenvalue weighted by Crippen LogP contribution is -2.01. The number of nitrogens with zero attached hydrogens (tertiary/aromatic N) is 3. The first-order chi connectivity index (χ1) is 11.3. The van der Waals surface area contributed by atoms with Gasteiger partial charge in [-0.25, -0.2) is 9.97 Å². The average molecular weight is 299 g/mol. The van der Waals surface area contributed by atoms with Crippen LogP contribution in [0.2, 0.25) is 0 Å². The Kier molecular flexibility index (Phi) is 3.20. The summed E-state index contributed by atoms with van der Waals surface area (Å²) in [6, 6.07) is 20.5. The fourth-order valence-corrected chi connectivity index (χ4v) is 2.58. The van der Waals surface area contributed by atoms with Crippen molar-refractivity contribution >= 4 is 16.8 Å². The molecule has 0 radical (unpaired) electrons. The maximum absolute atomic E-state index is 12.6. The number of fused-ring (bicyclic) bond motifs is 1. The molecule has 110 valence electrons. The van der Waals surface area contributed by atoms with Gasteiger partial charge in [-0.3, -0.25) is 9.36 Å². The van der Waals surface area contributed by atoms with Gasteiger partial charge in [0.15, 0.2) is 5.78 Å². The summed E-state index contributed by atoms with van der Waals surface area (Å²) in [5, 5.41) is 0. The van der Waals surface area contributed by atoms with Crippen molar-refractivity contribution in [3.05, 3.63) is 90.4 Å². The van der Waals surface area contributed by atoms with Crippen molar-refractivity contribution in [1.29, 1.82) is 0 Å². The number of aromatic nitrogens is 3. The van der Waals surface area contributed by atoms with E-state index in [2.05, 4.69) is 9.97 Å². The number of carbonyl (C=O) groups is 1. The zero-order chi connectivity index (χ0) is 15.6. The minimum atomic E-state index is 0.00118. The molecule has 0 aliphatic rings. The highest BCUT2D eigenvalue weighted by atomic mass is 16.1. The zero-order valence-electron chi connectivity index (χ0n) is 12.3. The molecule has 0 aliphatic heterocycles. The van der Waals surface area contributed by atoms with Gasteiger partial charge in [0.25, 0.3) is 0 Å². The molecule has 2 aromatic heterocycles. The first-order valence-electron chi connectivity index (χ1n) is 7.31. The molecule has 0 saturated carbocycles. The van der Waals surface area contributed by atoms with Crippen molar-refractivity contribution in [3.63, 3.8) is 0 Å². The molecule has 4 heteroatoms. The largest absolute Gasteiger partial charge is 0.289 e. The van der Waals surface area contributed by atoms with Crippen LogP contribution < -0.4 is 0 Å². The summed E-state index contributed by atoms with van der Waals surface area (Å²) in [4.78, 5) is 21.3. The average Bonchev–Trinajstić information content (AvgIpc) is 3.05. The lowest BCUT2D eigenvalue weighted by Gasteiger charge is -2.05. The van der Waals surface area contributed by atoms with Crippen LogP contribution in [-0.4, -0.2) is 20.3 Å². The summed E-state index contributed by atoms with van der Waals surface area (Å²) in [6.45, 7) is 0. The minimum absolute atomic E-state index is 0.00118. The Labute approximate surface area is 133 Å². The third-order valence-corrected chi connectivity index (χ3v) is 3.74. The highest BCUT2D eigenvalue weighted by Crippen LogP contribution is 2.20. The van der Waals surface area contributed by atoms with E-state index in [1.165, 1.54) is 0 Å². The van der Waals surface area contributed by atoms with Crippen LogP contribution in [0, 0.1) is 0 Å². The summed E-state index contributed by atoms with van der Waals surface area (Å²) in [5.41, 5.74) is 3.02. The number of hydrogen-bond acceptors (Lipinski definition) is 3. The third-order valence-electron chi connectivity index (χ3n) is 3.74. The maximum atomic E-state index is 12.6. The summed E-state index contributed by atoms with van der Waals surface area (Å²) in [6.07, 6.45) is 3.46. The van der Waals surface area contributed by atoms with Gasteiger partial charge in [-0.05, 0) is 30.3 Å². The smallest absolute Gasteiger partial charge is 0.193 e. The summed E-state index contributed by atoms with van der Waals surface area (Å²) in [5.74, 6) is 0.778. The maximum Gasteiger partial charge on any atom is 0.193 e. The first kappa shape index (κ1) is 13.4. The van der Waals surface area contributed by atoms with Crippen molar-refractivity contribution in [2.24, 2.45) is 0 Å². The van der Waals surface area contributed by atoms with E-state index in [0.29, 0.717) is 11.1 Å². The first-order valence-corrected chi connectivity index (χ1v) is 7.31. The van der Waals surface area contributed by atoms with Crippen LogP contribution in [0.3, 0.4) is 0 Å². The Hall–Kier alpha value is -3.27. The fraction of sp³-hybridized carbons (Fsp3) is 0. The number of imidazole rings is 1. The quantitative estimate of drug-likeness (QED) is 0.542. The molecule has 4 nitrogen and oxygen atoms in total. The second kappa shape index (κ2) is 5.50. The Morgan fingerprint density at radius 1 is 0.826 bits per heavy atom. The Morgan fingerprint density at radius 2 is 1.65 bits per heavy atom. The van der Waals surface area contributed by atoms with E-state index in [1.807, 2.05) is 71.3 Å². The Balaban J connectivity index is 1.83. The molecule has 0 aliphatic carbocycles. The molecule has 0 unspecified atom stereocenters. The van der Waals surface area contributed by atoms with E-state index >= 15 is 0 Å². The van der Waals surface area contributed by atoms with Crippen LogP contribution in [0.4, 0.5) is 0 Å². The number of benzene rings is 2. The molecule has 0 atom stereocenters. The van der Waals surface area contributed by atoms with Crippen molar-refractivity contribution in [3.8, 4) is 5.82 Å². The van der Waals surface area contributed by atoms with Gasteiger partial charge in [-0.15, -0.1) is 0 Å². The van der Waals surface area contributed by atoms with E-state index < -0.39 is 0 Å². The topological polar surface area (TPSA) is 47.8 Å². The van der Waals surface area contributed by atoms with Gasteiger partial charge < -0.3 is 0 Å². The van der Waals surface area contributed by atoms with Crippen LogP contribution >= 0.6 is 0 Å². The minimum Gasteiger partial charge on any atom is -0.289 e. The van der Waals surface area contributed by atoms with Crippen molar-refractivity contribution < 1.29 is 4.79 Å². The third kappa shape index (κ3) is 2.40. The van der Waals surface area contributed by atoms with E-state index in [9.17, 15) is 4.79 Å². The normalized spacial score (nSPS) is 10.8. The van der Waals surface area contributed by atoms with Gasteiger partial charge >= 0.3 is 0 Å². The number of pyridine rings is 1. The van der Waals surface area contributed by atoms with Crippen LogP contribution in [0.5, 0.6) is 0 Å². The predicted octanol–water partition coefficient (Wildman–Crippen LogP) is 3.65. The number of hydrogen-bond donors (Lipinski definition) is 0. The molecule has 0 N–H and O–H groups in total. The fourth-order valence-electron chi connectivity index (χ4n) is 2.58. The predicted molar refractivity (Wildman–Crippen MR) is 88.7 cm³/mol. The SMILES string of the molecule is O=C(c1ccccc1)c1ccc2ncn(-c3ccccn3)c2c1. The zero-order valence-corrected chi connectivity index (χ0v) is 12.3. The molecule has 4 aromatic rings. The van der Waals surface area contributed by atoms with E-state index in [-0.39, 0.29) is 5.78 Å². The van der Waals surface area contributed by atoms with Gasteiger partial charge in [0.1, 0.15) is 12.1 Å². The van der Waals surface area contributed by atoms with Gasteiger partial charge in [0.2, 0.25) is 0 Å². The number of carbonyl (C=O) groups excluding carboxylic acids is 1. The molecular weight excluding hydrogens is 286 g/mol. The number of ketones is 1.